The Morgan fingerprint density at radius 3 is 3.19 bits per heavy atom. The van der Waals surface area contributed by atoms with E-state index in [0.717, 1.165) is 6.54 Å². The van der Waals surface area contributed by atoms with Crippen LogP contribution in [0.5, 0.6) is 0 Å². The van der Waals surface area contributed by atoms with Gasteiger partial charge in [-0.25, -0.2) is 13.9 Å². The largest absolute Gasteiger partial charge is 0.350 e. The quantitative estimate of drug-likeness (QED) is 0.552. The molecule has 84 valence electrons. The van der Waals surface area contributed by atoms with Crippen molar-refractivity contribution in [1.29, 1.82) is 0 Å². The van der Waals surface area contributed by atoms with Gasteiger partial charge in [-0.05, 0) is 0 Å². The lowest BCUT2D eigenvalue weighted by molar-refractivity contribution is 0.557. The summed E-state index contributed by atoms with van der Waals surface area (Å²) in [6.07, 6.45) is 6.51. The molecule has 0 saturated heterocycles. The maximum absolute atomic E-state index is 11.8. The number of aromatic nitrogens is 4. The van der Waals surface area contributed by atoms with Gasteiger partial charge in [0.05, 0.1) is 12.7 Å². The zero-order valence-electron chi connectivity index (χ0n) is 8.83. The fourth-order valence-corrected chi connectivity index (χ4v) is 1.41. The van der Waals surface area contributed by atoms with Gasteiger partial charge < -0.3 is 5.32 Å². The number of hydrogen-bond donors (Lipinski definition) is 1. The Bertz CT molecular complexity index is 541. The number of rotatable bonds is 5. The lowest BCUT2D eigenvalue weighted by Crippen LogP contribution is -2.27. The molecule has 0 aliphatic carbocycles. The summed E-state index contributed by atoms with van der Waals surface area (Å²) < 4.78 is 2.90. The minimum atomic E-state index is -0.141. The van der Waals surface area contributed by atoms with Crippen LogP contribution >= 0.6 is 0 Å². The van der Waals surface area contributed by atoms with Crippen LogP contribution in [0.3, 0.4) is 0 Å². The summed E-state index contributed by atoms with van der Waals surface area (Å²) in [5.41, 5.74) is 0.425. The Morgan fingerprint density at radius 2 is 2.44 bits per heavy atom. The van der Waals surface area contributed by atoms with Gasteiger partial charge in [-0.1, -0.05) is 6.08 Å². The van der Waals surface area contributed by atoms with Crippen molar-refractivity contribution in [3.63, 3.8) is 0 Å². The number of nitrogens with zero attached hydrogens (tertiary/aromatic N) is 4. The lowest BCUT2D eigenvalue weighted by Gasteiger charge is -1.99. The topological polar surface area (TPSA) is 64.2 Å². The summed E-state index contributed by atoms with van der Waals surface area (Å²) in [5, 5.41) is 7.26. The fourth-order valence-electron chi connectivity index (χ4n) is 1.41. The van der Waals surface area contributed by atoms with E-state index in [1.54, 1.807) is 24.7 Å². The third-order valence-electron chi connectivity index (χ3n) is 2.18. The molecule has 0 aromatic carbocycles. The second-order valence-corrected chi connectivity index (χ2v) is 3.30. The second-order valence-electron chi connectivity index (χ2n) is 3.30. The maximum atomic E-state index is 11.8. The zero-order chi connectivity index (χ0) is 11.4. The summed E-state index contributed by atoms with van der Waals surface area (Å²) in [6.45, 7) is 5.54. The minimum absolute atomic E-state index is 0.141. The predicted octanol–water partition coefficient (Wildman–Crippen LogP) is -0.333. The highest BCUT2D eigenvalue weighted by Crippen LogP contribution is 1.91. The predicted molar refractivity (Wildman–Crippen MR) is 60.3 cm³/mol. The summed E-state index contributed by atoms with van der Waals surface area (Å²) in [4.78, 5) is 15.7. The molecule has 2 aromatic rings. The molecule has 2 heterocycles. The van der Waals surface area contributed by atoms with E-state index in [4.69, 9.17) is 0 Å². The number of hydrogen-bond acceptors (Lipinski definition) is 4. The zero-order valence-corrected chi connectivity index (χ0v) is 8.83. The van der Waals surface area contributed by atoms with Crippen LogP contribution < -0.4 is 11.0 Å². The third-order valence-corrected chi connectivity index (χ3v) is 2.18. The molecule has 0 amide bonds. The van der Waals surface area contributed by atoms with Crippen LogP contribution in [0.1, 0.15) is 0 Å². The highest BCUT2D eigenvalue weighted by Gasteiger charge is 2.04. The van der Waals surface area contributed by atoms with Crippen molar-refractivity contribution in [3.05, 3.63) is 41.7 Å². The minimum Gasteiger partial charge on any atom is -0.311 e. The molecule has 0 spiro atoms. The Kier molecular flexibility index (Phi) is 3.11. The van der Waals surface area contributed by atoms with Crippen LogP contribution in [0.25, 0.3) is 5.65 Å². The van der Waals surface area contributed by atoms with E-state index in [-0.39, 0.29) is 5.69 Å². The van der Waals surface area contributed by atoms with Gasteiger partial charge in [-0.3, -0.25) is 4.98 Å². The average molecular weight is 219 g/mol. The Morgan fingerprint density at radius 1 is 1.56 bits per heavy atom. The van der Waals surface area contributed by atoms with E-state index in [1.165, 1.54) is 9.08 Å². The first kappa shape index (κ1) is 10.6. The number of fused-ring (bicyclic) bond motifs is 1. The van der Waals surface area contributed by atoms with Crippen LogP contribution in [0, 0.1) is 0 Å². The van der Waals surface area contributed by atoms with E-state index < -0.39 is 0 Å². The van der Waals surface area contributed by atoms with Crippen LogP contribution in [-0.4, -0.2) is 32.3 Å². The van der Waals surface area contributed by atoms with Crippen LogP contribution in [0.15, 0.2) is 36.0 Å². The van der Waals surface area contributed by atoms with Gasteiger partial charge in [0.15, 0.2) is 5.65 Å². The van der Waals surface area contributed by atoms with Gasteiger partial charge in [0.1, 0.15) is 0 Å². The van der Waals surface area contributed by atoms with Gasteiger partial charge >= 0.3 is 5.69 Å². The molecule has 0 fully saturated rings. The molecular weight excluding hydrogens is 206 g/mol. The fraction of sp³-hybridized carbons (Fsp3) is 0.300. The van der Waals surface area contributed by atoms with E-state index in [2.05, 4.69) is 22.0 Å². The molecule has 0 bridgehead atoms. The molecule has 6 heteroatoms. The number of nitrogens with one attached hydrogen (secondary N) is 1. The summed E-state index contributed by atoms with van der Waals surface area (Å²) >= 11 is 0. The van der Waals surface area contributed by atoms with E-state index in [0.29, 0.717) is 18.7 Å². The van der Waals surface area contributed by atoms with E-state index in [1.807, 2.05) is 0 Å². The van der Waals surface area contributed by atoms with Crippen LogP contribution in [0.2, 0.25) is 0 Å². The Hall–Kier alpha value is -1.95. The molecule has 1 N–H and O–H groups in total. The van der Waals surface area contributed by atoms with Crippen molar-refractivity contribution in [1.82, 2.24) is 24.5 Å². The van der Waals surface area contributed by atoms with Crippen molar-refractivity contribution in [2.75, 3.05) is 13.1 Å². The first-order valence-electron chi connectivity index (χ1n) is 5.03. The smallest absolute Gasteiger partial charge is 0.311 e. The third kappa shape index (κ3) is 2.01. The summed E-state index contributed by atoms with van der Waals surface area (Å²) in [6, 6.07) is 0. The molecular formula is C10H13N5O. The van der Waals surface area contributed by atoms with Gasteiger partial charge in [-0.15, -0.1) is 11.7 Å². The van der Waals surface area contributed by atoms with E-state index in [9.17, 15) is 4.79 Å². The molecule has 2 aromatic heterocycles. The second kappa shape index (κ2) is 4.71. The standard InChI is InChI=1S/C10H13N5O/c1-2-3-11-5-7-15-10(16)14-6-4-12-8-9(14)13-15/h2,4,6,8,11H,1,3,5,7H2. The first-order valence-corrected chi connectivity index (χ1v) is 5.03. The molecule has 2 rings (SSSR count). The van der Waals surface area contributed by atoms with Crippen molar-refractivity contribution in [2.45, 2.75) is 6.54 Å². The summed E-state index contributed by atoms with van der Waals surface area (Å²) in [5.74, 6) is 0. The molecule has 0 aliphatic heterocycles. The monoisotopic (exact) mass is 219 g/mol. The molecule has 0 saturated carbocycles. The molecule has 0 unspecified atom stereocenters. The average Bonchev–Trinajstić information content (AvgIpc) is 2.63. The van der Waals surface area contributed by atoms with Gasteiger partial charge in [0.2, 0.25) is 0 Å². The Labute approximate surface area is 92.2 Å². The SMILES string of the molecule is C=CCNCCn1nc2cnccn2c1=O. The normalized spacial score (nSPS) is 10.8. The van der Waals surface area contributed by atoms with Gasteiger partial charge in [-0.2, -0.15) is 0 Å². The molecule has 0 radical (unpaired) electrons. The molecule has 0 aliphatic rings. The summed E-state index contributed by atoms with van der Waals surface area (Å²) in [7, 11) is 0. The lowest BCUT2D eigenvalue weighted by atomic mass is 10.5. The Balaban J connectivity index is 2.15. The van der Waals surface area contributed by atoms with Crippen molar-refractivity contribution in [2.24, 2.45) is 0 Å². The molecule has 6 nitrogen and oxygen atoms in total. The van der Waals surface area contributed by atoms with Gasteiger partial charge in [0.25, 0.3) is 0 Å². The van der Waals surface area contributed by atoms with E-state index >= 15 is 0 Å². The van der Waals surface area contributed by atoms with Crippen molar-refractivity contribution in [3.8, 4) is 0 Å². The van der Waals surface area contributed by atoms with Gasteiger partial charge in [0, 0.05) is 25.5 Å². The maximum Gasteiger partial charge on any atom is 0.350 e. The first-order chi connectivity index (χ1) is 7.83. The van der Waals surface area contributed by atoms with Crippen LogP contribution in [-0.2, 0) is 6.54 Å². The van der Waals surface area contributed by atoms with Crippen molar-refractivity contribution < 1.29 is 0 Å². The van der Waals surface area contributed by atoms with Crippen molar-refractivity contribution >= 4 is 5.65 Å². The highest BCUT2D eigenvalue weighted by atomic mass is 16.2. The highest BCUT2D eigenvalue weighted by molar-refractivity contribution is 5.31. The molecule has 0 atom stereocenters. The molecule has 16 heavy (non-hydrogen) atoms. The van der Waals surface area contributed by atoms with Crippen LogP contribution in [0.4, 0.5) is 0 Å².